The maximum absolute atomic E-state index is 9.98. The zero-order valence-electron chi connectivity index (χ0n) is 13.1. The Morgan fingerprint density at radius 1 is 1.24 bits per heavy atom. The van der Waals surface area contributed by atoms with E-state index in [0.29, 0.717) is 11.8 Å². The number of likely N-dealkylation sites (tertiary alicyclic amines) is 1. The van der Waals surface area contributed by atoms with E-state index in [-0.39, 0.29) is 12.0 Å². The summed E-state index contributed by atoms with van der Waals surface area (Å²) in [5, 5.41) is 9.98. The Morgan fingerprint density at radius 3 is 2.62 bits per heavy atom. The summed E-state index contributed by atoms with van der Waals surface area (Å²) in [4.78, 5) is 2.59. The number of nitrogens with two attached hydrogens (primary N) is 1. The van der Waals surface area contributed by atoms with Crippen molar-refractivity contribution < 1.29 is 5.11 Å². The number of fused-ring (bicyclic) bond motifs is 1. The monoisotopic (exact) mass is 288 g/mol. The lowest BCUT2D eigenvalue weighted by atomic mass is 9.90. The quantitative estimate of drug-likeness (QED) is 0.599. The molecule has 3 nitrogen and oxygen atoms in total. The van der Waals surface area contributed by atoms with E-state index in [9.17, 15) is 5.11 Å². The van der Waals surface area contributed by atoms with Gasteiger partial charge in [0.15, 0.2) is 0 Å². The summed E-state index contributed by atoms with van der Waals surface area (Å²) in [6.07, 6.45) is 5.32. The van der Waals surface area contributed by atoms with Gasteiger partial charge in [0.05, 0.1) is 6.61 Å². The van der Waals surface area contributed by atoms with Crippen LogP contribution in [0.3, 0.4) is 0 Å². The molecule has 1 aromatic rings. The zero-order valence-corrected chi connectivity index (χ0v) is 13.1. The maximum atomic E-state index is 9.98. The Hall–Kier alpha value is -1.06. The Labute approximate surface area is 128 Å². The number of hydrogen-bond acceptors (Lipinski definition) is 3. The molecule has 1 saturated heterocycles. The molecule has 0 spiro atoms. The molecule has 3 N–H and O–H groups in total. The molecule has 3 atom stereocenters. The highest BCUT2D eigenvalue weighted by atomic mass is 16.3. The summed E-state index contributed by atoms with van der Waals surface area (Å²) >= 11 is 0. The van der Waals surface area contributed by atoms with Gasteiger partial charge in [0.1, 0.15) is 0 Å². The first-order valence-electron chi connectivity index (χ1n) is 8.41. The van der Waals surface area contributed by atoms with Gasteiger partial charge < -0.3 is 15.7 Å². The van der Waals surface area contributed by atoms with E-state index in [1.165, 1.54) is 37.8 Å². The highest BCUT2D eigenvalue weighted by Crippen LogP contribution is 2.63. The number of rotatable bonds is 7. The fourth-order valence-corrected chi connectivity index (χ4v) is 4.34. The average molecular weight is 288 g/mol. The minimum atomic E-state index is -0.00466. The number of anilines is 1. The van der Waals surface area contributed by atoms with Crippen LogP contribution < -0.4 is 5.73 Å². The second kappa shape index (κ2) is 5.98. The number of unbranched alkanes of at least 4 members (excludes halogenated alkanes) is 3. The molecule has 116 valence electrons. The molecule has 1 aromatic carbocycles. The van der Waals surface area contributed by atoms with Crippen LogP contribution in [0.1, 0.15) is 38.2 Å². The van der Waals surface area contributed by atoms with Gasteiger partial charge in [-0.25, -0.2) is 0 Å². The zero-order chi connectivity index (χ0) is 14.9. The topological polar surface area (TPSA) is 49.5 Å². The smallest absolute Gasteiger partial charge is 0.0534 e. The molecule has 0 bridgehead atoms. The summed E-state index contributed by atoms with van der Waals surface area (Å²) in [5.41, 5.74) is 7.96. The predicted octanol–water partition coefficient (Wildman–Crippen LogP) is 2.64. The van der Waals surface area contributed by atoms with E-state index in [0.717, 1.165) is 18.8 Å². The van der Waals surface area contributed by atoms with Crippen LogP contribution in [0, 0.1) is 11.8 Å². The third-order valence-electron chi connectivity index (χ3n) is 5.62. The fraction of sp³-hybridized carbons (Fsp3) is 0.667. The lowest BCUT2D eigenvalue weighted by Gasteiger charge is -2.26. The van der Waals surface area contributed by atoms with Gasteiger partial charge in [0.2, 0.25) is 0 Å². The maximum Gasteiger partial charge on any atom is 0.0534 e. The molecule has 3 heteroatoms. The van der Waals surface area contributed by atoms with Gasteiger partial charge in [-0.3, -0.25) is 0 Å². The van der Waals surface area contributed by atoms with Crippen LogP contribution in [0.15, 0.2) is 24.3 Å². The highest BCUT2D eigenvalue weighted by molar-refractivity contribution is 5.48. The Morgan fingerprint density at radius 2 is 2.00 bits per heavy atom. The van der Waals surface area contributed by atoms with Crippen molar-refractivity contribution in [3.8, 4) is 0 Å². The summed E-state index contributed by atoms with van der Waals surface area (Å²) in [7, 11) is 0. The second-order valence-electron chi connectivity index (χ2n) is 6.86. The van der Waals surface area contributed by atoms with Crippen LogP contribution in [-0.2, 0) is 5.41 Å². The predicted molar refractivity (Wildman–Crippen MR) is 87.2 cm³/mol. The molecule has 1 aliphatic carbocycles. The Bertz CT molecular complexity index is 476. The molecule has 21 heavy (non-hydrogen) atoms. The van der Waals surface area contributed by atoms with Crippen molar-refractivity contribution in [1.82, 2.24) is 4.90 Å². The van der Waals surface area contributed by atoms with E-state index in [4.69, 9.17) is 5.73 Å². The molecule has 2 fully saturated rings. The van der Waals surface area contributed by atoms with Gasteiger partial charge in [0, 0.05) is 24.2 Å². The molecule has 0 amide bonds. The fourth-order valence-electron chi connectivity index (χ4n) is 4.34. The van der Waals surface area contributed by atoms with Crippen LogP contribution in [0.2, 0.25) is 0 Å². The van der Waals surface area contributed by atoms with Crippen molar-refractivity contribution in [3.05, 3.63) is 29.8 Å². The van der Waals surface area contributed by atoms with Gasteiger partial charge in [-0.2, -0.15) is 0 Å². The summed E-state index contributed by atoms with van der Waals surface area (Å²) in [5.74, 6) is 1.24. The molecule has 1 saturated carbocycles. The average Bonchev–Trinajstić information content (AvgIpc) is 2.87. The van der Waals surface area contributed by atoms with Crippen molar-refractivity contribution in [3.63, 3.8) is 0 Å². The van der Waals surface area contributed by atoms with E-state index < -0.39 is 0 Å². The number of aliphatic hydroxyl groups is 1. The molecule has 1 aliphatic heterocycles. The number of aliphatic hydroxyl groups excluding tert-OH is 1. The van der Waals surface area contributed by atoms with Gasteiger partial charge in [-0.15, -0.1) is 0 Å². The number of benzene rings is 1. The first-order chi connectivity index (χ1) is 10.2. The molecule has 3 rings (SSSR count). The van der Waals surface area contributed by atoms with Gasteiger partial charge in [-0.05, 0) is 42.5 Å². The standard InChI is InChI=1S/C18H28N2O/c1-2-3-4-5-9-20-11-16-17(12-20)18(16,13-21)14-7-6-8-15(19)10-14/h6-8,10,16-17,21H,2-5,9,11-13,19H2,1H3/t16-,17+,18?. The molecule has 0 aromatic heterocycles. The van der Waals surface area contributed by atoms with Crippen LogP contribution >= 0.6 is 0 Å². The molecule has 0 radical (unpaired) electrons. The third-order valence-corrected chi connectivity index (χ3v) is 5.62. The van der Waals surface area contributed by atoms with E-state index in [1.807, 2.05) is 12.1 Å². The molecular formula is C18H28N2O. The van der Waals surface area contributed by atoms with E-state index >= 15 is 0 Å². The number of hydrogen-bond donors (Lipinski definition) is 2. The largest absolute Gasteiger partial charge is 0.399 e. The lowest BCUT2D eigenvalue weighted by molar-refractivity contribution is 0.195. The van der Waals surface area contributed by atoms with E-state index in [1.54, 1.807) is 0 Å². The van der Waals surface area contributed by atoms with Crippen LogP contribution in [0.4, 0.5) is 5.69 Å². The van der Waals surface area contributed by atoms with Crippen LogP contribution in [0.5, 0.6) is 0 Å². The number of piperidine rings is 1. The number of nitrogen functional groups attached to an aromatic ring is 1. The lowest BCUT2D eigenvalue weighted by Crippen LogP contribution is -2.33. The number of nitrogens with zero attached hydrogens (tertiary/aromatic N) is 1. The van der Waals surface area contributed by atoms with E-state index in [2.05, 4.69) is 24.0 Å². The molecule has 1 unspecified atom stereocenters. The summed E-state index contributed by atoms with van der Waals surface area (Å²) in [6, 6.07) is 8.13. The Balaban J connectivity index is 1.58. The van der Waals surface area contributed by atoms with Crippen molar-refractivity contribution in [1.29, 1.82) is 0 Å². The first kappa shape index (κ1) is 14.9. The van der Waals surface area contributed by atoms with Crippen molar-refractivity contribution in [2.24, 2.45) is 11.8 Å². The highest BCUT2D eigenvalue weighted by Gasteiger charge is 2.68. The minimum absolute atomic E-state index is 0.00466. The van der Waals surface area contributed by atoms with Crippen molar-refractivity contribution in [2.45, 2.75) is 38.0 Å². The second-order valence-corrected chi connectivity index (χ2v) is 6.86. The summed E-state index contributed by atoms with van der Waals surface area (Å²) in [6.45, 7) is 6.03. The normalized spacial score (nSPS) is 31.3. The molecular weight excluding hydrogens is 260 g/mol. The van der Waals surface area contributed by atoms with Crippen molar-refractivity contribution in [2.75, 3.05) is 32.0 Å². The van der Waals surface area contributed by atoms with Gasteiger partial charge in [0.25, 0.3) is 0 Å². The first-order valence-corrected chi connectivity index (χ1v) is 8.41. The van der Waals surface area contributed by atoms with Crippen molar-refractivity contribution >= 4 is 5.69 Å². The van der Waals surface area contributed by atoms with Crippen LogP contribution in [-0.4, -0.2) is 36.2 Å². The molecule has 1 heterocycles. The van der Waals surface area contributed by atoms with Gasteiger partial charge in [-0.1, -0.05) is 38.3 Å². The van der Waals surface area contributed by atoms with Gasteiger partial charge >= 0.3 is 0 Å². The Kier molecular flexibility index (Phi) is 4.23. The SMILES string of the molecule is CCCCCCN1C[C@@H]2[C@H](C1)C2(CO)c1cccc(N)c1. The minimum Gasteiger partial charge on any atom is -0.399 e. The van der Waals surface area contributed by atoms with Crippen LogP contribution in [0.25, 0.3) is 0 Å². The summed E-state index contributed by atoms with van der Waals surface area (Å²) < 4.78 is 0. The third kappa shape index (κ3) is 2.58. The molecule has 2 aliphatic rings.